The van der Waals surface area contributed by atoms with Crippen molar-refractivity contribution >= 4 is 11.8 Å². The van der Waals surface area contributed by atoms with Gasteiger partial charge >= 0.3 is 0 Å². The Kier molecular flexibility index (Phi) is 5.32. The molecule has 0 saturated carbocycles. The molecule has 1 aromatic rings. The summed E-state index contributed by atoms with van der Waals surface area (Å²) in [5.74, 6) is 1.59. The van der Waals surface area contributed by atoms with Gasteiger partial charge in [-0.15, -0.1) is 5.10 Å². The van der Waals surface area contributed by atoms with Crippen LogP contribution >= 0.6 is 0 Å². The molecule has 0 aromatic carbocycles. The molecule has 2 rings (SSSR count). The zero-order chi connectivity index (χ0) is 13.5. The lowest BCUT2D eigenvalue weighted by atomic mass is 10.1. The van der Waals surface area contributed by atoms with E-state index in [1.807, 2.05) is 0 Å². The van der Waals surface area contributed by atoms with E-state index in [4.69, 9.17) is 0 Å². The van der Waals surface area contributed by atoms with Crippen molar-refractivity contribution in [2.75, 3.05) is 50.5 Å². The van der Waals surface area contributed by atoms with E-state index in [1.54, 1.807) is 6.20 Å². The van der Waals surface area contributed by atoms with Crippen LogP contribution < -0.4 is 10.2 Å². The van der Waals surface area contributed by atoms with Gasteiger partial charge in [0.15, 0.2) is 5.82 Å². The normalized spacial score (nSPS) is 15.8. The highest BCUT2D eigenvalue weighted by molar-refractivity contribution is 5.38. The van der Waals surface area contributed by atoms with Crippen molar-refractivity contribution < 1.29 is 0 Å². The van der Waals surface area contributed by atoms with Crippen LogP contribution in [0.1, 0.15) is 25.7 Å². The molecule has 0 radical (unpaired) electrons. The molecule has 1 N–H and O–H groups in total. The van der Waals surface area contributed by atoms with Crippen LogP contribution in [0.4, 0.5) is 11.8 Å². The van der Waals surface area contributed by atoms with E-state index in [1.165, 1.54) is 19.3 Å². The minimum absolute atomic E-state index is 0.761. The Labute approximate surface area is 115 Å². The Bertz CT molecular complexity index is 375. The largest absolute Gasteiger partial charge is 0.369 e. The predicted molar refractivity (Wildman–Crippen MR) is 77.6 cm³/mol. The van der Waals surface area contributed by atoms with E-state index < -0.39 is 0 Å². The lowest BCUT2D eigenvalue weighted by molar-refractivity contribution is 0.405. The van der Waals surface area contributed by atoms with Crippen molar-refractivity contribution in [3.63, 3.8) is 0 Å². The predicted octanol–water partition coefficient (Wildman–Crippen LogP) is 1.23. The molecule has 1 saturated heterocycles. The summed E-state index contributed by atoms with van der Waals surface area (Å²) in [6.07, 6.45) is 6.55. The molecule has 106 valence electrons. The first-order chi connectivity index (χ1) is 9.25. The van der Waals surface area contributed by atoms with Gasteiger partial charge in [-0.25, -0.2) is 0 Å². The minimum atomic E-state index is 0.761. The summed E-state index contributed by atoms with van der Waals surface area (Å²) in [6, 6.07) is 0. The molecule has 1 fully saturated rings. The lowest BCUT2D eigenvalue weighted by Gasteiger charge is -2.26. The second-order valence-electron chi connectivity index (χ2n) is 5.27. The second-order valence-corrected chi connectivity index (χ2v) is 5.27. The van der Waals surface area contributed by atoms with Crippen LogP contribution in [-0.2, 0) is 0 Å². The van der Waals surface area contributed by atoms with Gasteiger partial charge in [-0.05, 0) is 46.3 Å². The van der Waals surface area contributed by atoms with Crippen LogP contribution in [-0.4, -0.2) is 60.4 Å². The van der Waals surface area contributed by atoms with Crippen molar-refractivity contribution in [2.24, 2.45) is 0 Å². The number of piperidine rings is 1. The summed E-state index contributed by atoms with van der Waals surface area (Å²) in [5, 5.41) is 11.5. The number of hydrogen-bond acceptors (Lipinski definition) is 6. The molecule has 0 amide bonds. The van der Waals surface area contributed by atoms with Crippen LogP contribution in [0, 0.1) is 0 Å². The topological polar surface area (TPSA) is 57.2 Å². The molecule has 1 aliphatic rings. The molecule has 6 nitrogen and oxygen atoms in total. The Hall–Kier alpha value is -1.43. The number of nitrogens with zero attached hydrogens (tertiary/aromatic N) is 5. The van der Waals surface area contributed by atoms with Crippen molar-refractivity contribution in [1.29, 1.82) is 0 Å². The molecule has 19 heavy (non-hydrogen) atoms. The maximum absolute atomic E-state index is 4.54. The van der Waals surface area contributed by atoms with Crippen molar-refractivity contribution in [1.82, 2.24) is 20.1 Å². The summed E-state index contributed by atoms with van der Waals surface area (Å²) >= 11 is 0. The smallest absolute Gasteiger partial charge is 0.247 e. The molecule has 6 heteroatoms. The minimum Gasteiger partial charge on any atom is -0.369 e. The maximum Gasteiger partial charge on any atom is 0.247 e. The van der Waals surface area contributed by atoms with E-state index in [-0.39, 0.29) is 0 Å². The summed E-state index contributed by atoms with van der Waals surface area (Å²) in [5.41, 5.74) is 0. The van der Waals surface area contributed by atoms with Crippen LogP contribution in [0.5, 0.6) is 0 Å². The molecule has 1 aliphatic heterocycles. The van der Waals surface area contributed by atoms with Crippen molar-refractivity contribution in [2.45, 2.75) is 25.7 Å². The summed E-state index contributed by atoms with van der Waals surface area (Å²) in [7, 11) is 4.17. The average Bonchev–Trinajstić information content (AvgIpc) is 2.45. The number of anilines is 2. The summed E-state index contributed by atoms with van der Waals surface area (Å²) < 4.78 is 0. The van der Waals surface area contributed by atoms with Gasteiger partial charge in [0.05, 0.1) is 6.20 Å². The Morgan fingerprint density at radius 2 is 2.05 bits per heavy atom. The summed E-state index contributed by atoms with van der Waals surface area (Å²) in [4.78, 5) is 8.94. The highest BCUT2D eigenvalue weighted by Gasteiger charge is 2.14. The Morgan fingerprint density at radius 3 is 2.79 bits per heavy atom. The van der Waals surface area contributed by atoms with Gasteiger partial charge in [-0.2, -0.15) is 10.1 Å². The fourth-order valence-electron chi connectivity index (χ4n) is 2.22. The molecule has 1 aromatic heterocycles. The standard InChI is InChI=1S/C13H24N6/c1-18(2)8-6-7-14-12-11-15-17-13(16-12)19-9-4-3-5-10-19/h11H,3-10H2,1-2H3,(H,14,16,17). The van der Waals surface area contributed by atoms with Gasteiger partial charge in [0.2, 0.25) is 5.95 Å². The average molecular weight is 264 g/mol. The maximum atomic E-state index is 4.54. The van der Waals surface area contributed by atoms with Gasteiger partial charge in [-0.3, -0.25) is 0 Å². The molecule has 0 atom stereocenters. The summed E-state index contributed by atoms with van der Waals surface area (Å²) in [6.45, 7) is 4.08. The highest BCUT2D eigenvalue weighted by atomic mass is 15.3. The van der Waals surface area contributed by atoms with Gasteiger partial charge in [0.1, 0.15) is 0 Å². The van der Waals surface area contributed by atoms with E-state index in [2.05, 4.69) is 44.4 Å². The van der Waals surface area contributed by atoms with Gasteiger partial charge in [-0.1, -0.05) is 0 Å². The fourth-order valence-corrected chi connectivity index (χ4v) is 2.22. The SMILES string of the molecule is CN(C)CCCNc1cnnc(N2CCCCC2)n1. The Morgan fingerprint density at radius 1 is 1.26 bits per heavy atom. The number of hydrogen-bond donors (Lipinski definition) is 1. The monoisotopic (exact) mass is 264 g/mol. The number of nitrogens with one attached hydrogen (secondary N) is 1. The molecule has 0 bridgehead atoms. The van der Waals surface area contributed by atoms with E-state index in [0.29, 0.717) is 0 Å². The van der Waals surface area contributed by atoms with E-state index in [0.717, 1.165) is 44.4 Å². The second kappa shape index (κ2) is 7.23. The molecule has 0 aliphatic carbocycles. The van der Waals surface area contributed by atoms with Crippen molar-refractivity contribution in [3.05, 3.63) is 6.20 Å². The van der Waals surface area contributed by atoms with Crippen molar-refractivity contribution in [3.8, 4) is 0 Å². The zero-order valence-electron chi connectivity index (χ0n) is 12.0. The van der Waals surface area contributed by atoms with E-state index in [9.17, 15) is 0 Å². The molecular weight excluding hydrogens is 240 g/mol. The highest BCUT2D eigenvalue weighted by Crippen LogP contribution is 2.15. The first-order valence-corrected chi connectivity index (χ1v) is 7.09. The van der Waals surface area contributed by atoms with Crippen LogP contribution in [0.3, 0.4) is 0 Å². The zero-order valence-corrected chi connectivity index (χ0v) is 12.0. The van der Waals surface area contributed by atoms with Crippen LogP contribution in [0.25, 0.3) is 0 Å². The first kappa shape index (κ1) is 14.0. The molecule has 2 heterocycles. The lowest BCUT2D eigenvalue weighted by Crippen LogP contribution is -2.31. The van der Waals surface area contributed by atoms with E-state index >= 15 is 0 Å². The molecular formula is C13H24N6. The quantitative estimate of drug-likeness (QED) is 0.780. The van der Waals surface area contributed by atoms with Crippen LogP contribution in [0.2, 0.25) is 0 Å². The van der Waals surface area contributed by atoms with Gasteiger partial charge in [0, 0.05) is 19.6 Å². The third-order valence-electron chi connectivity index (χ3n) is 3.27. The third kappa shape index (κ3) is 4.63. The number of aromatic nitrogens is 3. The van der Waals surface area contributed by atoms with Gasteiger partial charge < -0.3 is 15.1 Å². The van der Waals surface area contributed by atoms with Gasteiger partial charge in [0.25, 0.3) is 0 Å². The number of rotatable bonds is 6. The first-order valence-electron chi connectivity index (χ1n) is 7.09. The van der Waals surface area contributed by atoms with Crippen LogP contribution in [0.15, 0.2) is 6.20 Å². The molecule has 0 unspecified atom stereocenters. The molecule has 0 spiro atoms. The third-order valence-corrected chi connectivity index (χ3v) is 3.27. The fraction of sp³-hybridized carbons (Fsp3) is 0.769. The Balaban J connectivity index is 1.84.